The van der Waals surface area contributed by atoms with Crippen LogP contribution < -0.4 is 4.90 Å². The largest absolute Gasteiger partial charge is 0.452 e. The first-order chi connectivity index (χ1) is 16.8. The van der Waals surface area contributed by atoms with E-state index in [1.165, 1.54) is 23.1 Å². The molecule has 0 saturated carbocycles. The van der Waals surface area contributed by atoms with Crippen LogP contribution in [-0.2, 0) is 16.0 Å². The second kappa shape index (κ2) is 8.28. The van der Waals surface area contributed by atoms with E-state index in [0.29, 0.717) is 6.42 Å². The van der Waals surface area contributed by atoms with Crippen LogP contribution in [0, 0.1) is 10.1 Å². The van der Waals surface area contributed by atoms with Crippen molar-refractivity contribution in [3.05, 3.63) is 104 Å². The van der Waals surface area contributed by atoms with Gasteiger partial charge in [0.25, 0.3) is 11.6 Å². The molecule has 0 bridgehead atoms. The average molecular weight is 470 g/mol. The number of rotatable bonds is 4. The highest BCUT2D eigenvalue weighted by atomic mass is 16.6. The van der Waals surface area contributed by atoms with Gasteiger partial charge in [0.2, 0.25) is 5.78 Å². The number of nitro benzene ring substituents is 1. The Bertz CT molecular complexity index is 1460. The molecule has 0 aromatic heterocycles. The maximum atomic E-state index is 13.1. The maximum absolute atomic E-state index is 13.1. The monoisotopic (exact) mass is 470 g/mol. The lowest BCUT2D eigenvalue weighted by Gasteiger charge is -2.22. The third kappa shape index (κ3) is 3.48. The van der Waals surface area contributed by atoms with Crippen LogP contribution in [0.3, 0.4) is 0 Å². The van der Waals surface area contributed by atoms with Crippen molar-refractivity contribution in [3.8, 4) is 0 Å². The van der Waals surface area contributed by atoms with Crippen LogP contribution in [0.25, 0.3) is 0 Å². The molecule has 1 unspecified atom stereocenters. The topological polar surface area (TPSA) is 124 Å². The summed E-state index contributed by atoms with van der Waals surface area (Å²) in [7, 11) is 0. The van der Waals surface area contributed by atoms with E-state index in [2.05, 4.69) is 0 Å². The molecule has 9 nitrogen and oxygen atoms in total. The van der Waals surface area contributed by atoms with Crippen molar-refractivity contribution in [2.45, 2.75) is 19.4 Å². The van der Waals surface area contributed by atoms with Crippen molar-refractivity contribution >= 4 is 34.8 Å². The second-order valence-electron chi connectivity index (χ2n) is 8.37. The number of carbonyl (C=O) groups is 4. The summed E-state index contributed by atoms with van der Waals surface area (Å²) in [6, 6.07) is 15.5. The van der Waals surface area contributed by atoms with Gasteiger partial charge in [0, 0.05) is 28.4 Å². The molecule has 0 saturated heterocycles. The highest BCUT2D eigenvalue weighted by Gasteiger charge is 2.39. The van der Waals surface area contributed by atoms with Crippen LogP contribution in [0.4, 0.5) is 11.4 Å². The third-order valence-corrected chi connectivity index (χ3v) is 6.27. The molecule has 35 heavy (non-hydrogen) atoms. The lowest BCUT2D eigenvalue weighted by Crippen LogP contribution is -2.38. The number of esters is 1. The lowest BCUT2D eigenvalue weighted by molar-refractivity contribution is -0.385. The molecule has 1 heterocycles. The second-order valence-corrected chi connectivity index (χ2v) is 8.37. The third-order valence-electron chi connectivity index (χ3n) is 6.27. The molecule has 2 aliphatic rings. The van der Waals surface area contributed by atoms with Gasteiger partial charge >= 0.3 is 5.97 Å². The highest BCUT2D eigenvalue weighted by molar-refractivity contribution is 6.30. The van der Waals surface area contributed by atoms with Crippen LogP contribution in [0.5, 0.6) is 0 Å². The van der Waals surface area contributed by atoms with E-state index in [0.717, 1.165) is 17.3 Å². The molecule has 0 fully saturated rings. The first kappa shape index (κ1) is 22.1. The number of anilines is 1. The van der Waals surface area contributed by atoms with Gasteiger partial charge in [-0.1, -0.05) is 42.5 Å². The Morgan fingerprint density at radius 3 is 2.34 bits per heavy atom. The predicted molar refractivity (Wildman–Crippen MR) is 124 cm³/mol. The number of ketones is 2. The Morgan fingerprint density at radius 1 is 0.971 bits per heavy atom. The van der Waals surface area contributed by atoms with Gasteiger partial charge in [-0.3, -0.25) is 24.5 Å². The summed E-state index contributed by atoms with van der Waals surface area (Å²) in [5, 5.41) is 11.9. The van der Waals surface area contributed by atoms with Crippen LogP contribution in [0.2, 0.25) is 0 Å². The molecule has 1 aliphatic carbocycles. The maximum Gasteiger partial charge on any atom is 0.345 e. The van der Waals surface area contributed by atoms with Gasteiger partial charge in [-0.05, 0) is 37.1 Å². The van der Waals surface area contributed by atoms with Gasteiger partial charge < -0.3 is 9.64 Å². The zero-order valence-electron chi connectivity index (χ0n) is 18.5. The predicted octanol–water partition coefficient (Wildman–Crippen LogP) is 3.50. The normalized spacial score (nSPS) is 15.8. The number of nitrogens with zero attached hydrogens (tertiary/aromatic N) is 2. The number of fused-ring (bicyclic) bond motifs is 3. The standard InChI is InChI=1S/C26H18N2O7/c1-14-12-15-6-2-5-9-20(15)27(14)21(29)13-35-26(32)19-11-10-18-22(23(19)28(33)34)25(31)17-8-4-3-7-16(17)24(18)30/h2-11,14H,12-13H2,1H3. The zero-order valence-corrected chi connectivity index (χ0v) is 18.5. The van der Waals surface area contributed by atoms with E-state index in [4.69, 9.17) is 4.74 Å². The van der Waals surface area contributed by atoms with Gasteiger partial charge in [0.15, 0.2) is 12.4 Å². The summed E-state index contributed by atoms with van der Waals surface area (Å²) in [4.78, 5) is 64.2. The van der Waals surface area contributed by atoms with Gasteiger partial charge in [0.1, 0.15) is 11.1 Å². The fraction of sp³-hybridized carbons (Fsp3) is 0.154. The van der Waals surface area contributed by atoms with E-state index < -0.39 is 51.8 Å². The molecule has 174 valence electrons. The summed E-state index contributed by atoms with van der Waals surface area (Å²) < 4.78 is 5.15. The number of ether oxygens (including phenoxy) is 1. The van der Waals surface area contributed by atoms with Crippen LogP contribution in [0.15, 0.2) is 60.7 Å². The molecular weight excluding hydrogens is 452 g/mol. The van der Waals surface area contributed by atoms with Crippen molar-refractivity contribution in [1.29, 1.82) is 0 Å². The van der Waals surface area contributed by atoms with Crippen molar-refractivity contribution < 1.29 is 28.8 Å². The Kier molecular flexibility index (Phi) is 5.24. The Balaban J connectivity index is 1.44. The number of hydrogen-bond donors (Lipinski definition) is 0. The minimum atomic E-state index is -1.13. The van der Waals surface area contributed by atoms with Crippen LogP contribution in [-0.4, -0.2) is 41.0 Å². The molecule has 0 spiro atoms. The summed E-state index contributed by atoms with van der Waals surface area (Å²) in [6.45, 7) is 1.23. The zero-order chi connectivity index (χ0) is 24.9. The van der Waals surface area contributed by atoms with E-state index in [1.54, 1.807) is 24.3 Å². The van der Waals surface area contributed by atoms with Gasteiger partial charge in [-0.2, -0.15) is 0 Å². The quantitative estimate of drug-likeness (QED) is 0.254. The number of amides is 1. The number of nitro groups is 1. The SMILES string of the molecule is CC1Cc2ccccc2N1C(=O)COC(=O)c1ccc2c(c1[N+](=O)[O-])C(=O)c1ccccc1C2=O. The minimum Gasteiger partial charge on any atom is -0.452 e. The smallest absolute Gasteiger partial charge is 0.345 e. The summed E-state index contributed by atoms with van der Waals surface area (Å²) >= 11 is 0. The molecule has 3 aromatic carbocycles. The summed E-state index contributed by atoms with van der Waals surface area (Å²) in [5.41, 5.74) is -0.0468. The number of carbonyl (C=O) groups excluding carboxylic acids is 4. The molecule has 0 N–H and O–H groups in total. The van der Waals surface area contributed by atoms with E-state index in [-0.39, 0.29) is 22.7 Å². The molecule has 9 heteroatoms. The molecule has 1 atom stereocenters. The van der Waals surface area contributed by atoms with Gasteiger partial charge in [-0.25, -0.2) is 4.79 Å². The number of para-hydroxylation sites is 1. The van der Waals surface area contributed by atoms with Crippen molar-refractivity contribution in [3.63, 3.8) is 0 Å². The number of benzene rings is 3. The average Bonchev–Trinajstić information content (AvgIpc) is 3.20. The van der Waals surface area contributed by atoms with E-state index >= 15 is 0 Å². The first-order valence-corrected chi connectivity index (χ1v) is 10.9. The molecule has 3 aromatic rings. The van der Waals surface area contributed by atoms with Gasteiger partial charge in [-0.15, -0.1) is 0 Å². The Hall–Kier alpha value is -4.66. The van der Waals surface area contributed by atoms with Gasteiger partial charge in [0.05, 0.1) is 4.92 Å². The molecule has 0 radical (unpaired) electrons. The summed E-state index contributed by atoms with van der Waals surface area (Å²) in [6.07, 6.45) is 0.657. The fourth-order valence-corrected chi connectivity index (χ4v) is 4.74. The Morgan fingerprint density at radius 2 is 1.63 bits per heavy atom. The minimum absolute atomic E-state index is 0.0236. The van der Waals surface area contributed by atoms with Crippen LogP contribution in [0.1, 0.15) is 54.7 Å². The van der Waals surface area contributed by atoms with Crippen molar-refractivity contribution in [1.82, 2.24) is 0 Å². The molecule has 1 amide bonds. The van der Waals surface area contributed by atoms with Crippen LogP contribution >= 0.6 is 0 Å². The van der Waals surface area contributed by atoms with Crippen molar-refractivity contribution in [2.24, 2.45) is 0 Å². The summed E-state index contributed by atoms with van der Waals surface area (Å²) in [5.74, 6) is -2.88. The lowest BCUT2D eigenvalue weighted by atomic mass is 9.82. The van der Waals surface area contributed by atoms with E-state index in [1.807, 2.05) is 19.1 Å². The van der Waals surface area contributed by atoms with Crippen molar-refractivity contribution in [2.75, 3.05) is 11.5 Å². The Labute approximate surface area is 199 Å². The van der Waals surface area contributed by atoms with E-state index in [9.17, 15) is 29.3 Å². The first-order valence-electron chi connectivity index (χ1n) is 10.9. The fourth-order valence-electron chi connectivity index (χ4n) is 4.74. The number of hydrogen-bond acceptors (Lipinski definition) is 7. The molecular formula is C26H18N2O7. The highest BCUT2D eigenvalue weighted by Crippen LogP contribution is 2.36. The molecule has 5 rings (SSSR count). The molecule has 1 aliphatic heterocycles.